The summed E-state index contributed by atoms with van der Waals surface area (Å²) >= 11 is 0. The number of piperidine rings is 1. The molecule has 0 spiro atoms. The van der Waals surface area contributed by atoms with Gasteiger partial charge >= 0.3 is 6.09 Å². The van der Waals surface area contributed by atoms with Crippen LogP contribution in [-0.2, 0) is 4.74 Å². The van der Waals surface area contributed by atoms with Gasteiger partial charge in [0.15, 0.2) is 0 Å². The van der Waals surface area contributed by atoms with E-state index in [-0.39, 0.29) is 6.04 Å². The van der Waals surface area contributed by atoms with Crippen LogP contribution in [-0.4, -0.2) is 40.9 Å². The second-order valence-corrected chi connectivity index (χ2v) is 6.03. The van der Waals surface area contributed by atoms with Crippen LogP contribution < -0.4 is 5.73 Å². The summed E-state index contributed by atoms with van der Waals surface area (Å²) in [5, 5.41) is 0. The molecule has 0 radical (unpaired) electrons. The van der Waals surface area contributed by atoms with E-state index in [2.05, 4.69) is 0 Å². The van der Waals surface area contributed by atoms with E-state index in [1.165, 1.54) is 0 Å². The van der Waals surface area contributed by atoms with Gasteiger partial charge in [-0.2, -0.15) is 0 Å². The van der Waals surface area contributed by atoms with Crippen molar-refractivity contribution in [2.24, 2.45) is 5.73 Å². The molecule has 98 valence electrons. The number of hydrogen-bond acceptors (Lipinski definition) is 3. The molecule has 1 amide bonds. The molecule has 4 atom stereocenters. The molecule has 0 unspecified atom stereocenters. The average molecular weight is 244 g/mol. The van der Waals surface area contributed by atoms with Crippen LogP contribution in [0.5, 0.6) is 0 Å². The predicted molar refractivity (Wildman–Crippen MR) is 62.4 cm³/mol. The second-order valence-electron chi connectivity index (χ2n) is 6.03. The fraction of sp³-hybridized carbons (Fsp3) is 0.917. The molecule has 0 aromatic heterocycles. The van der Waals surface area contributed by atoms with Crippen LogP contribution in [0.4, 0.5) is 9.18 Å². The van der Waals surface area contributed by atoms with Gasteiger partial charge in [-0.3, -0.25) is 4.90 Å². The Morgan fingerprint density at radius 3 is 2.65 bits per heavy atom. The van der Waals surface area contributed by atoms with E-state index in [1.807, 2.05) is 20.8 Å². The smallest absolute Gasteiger partial charge is 0.410 e. The largest absolute Gasteiger partial charge is 0.444 e. The highest BCUT2D eigenvalue weighted by molar-refractivity contribution is 5.70. The molecule has 0 aromatic carbocycles. The van der Waals surface area contributed by atoms with E-state index < -0.39 is 29.9 Å². The molecule has 2 heterocycles. The maximum absolute atomic E-state index is 13.9. The van der Waals surface area contributed by atoms with Gasteiger partial charge in [-0.25, -0.2) is 9.18 Å². The number of nitrogens with zero attached hydrogens (tertiary/aromatic N) is 1. The Morgan fingerprint density at radius 1 is 1.41 bits per heavy atom. The van der Waals surface area contributed by atoms with E-state index in [0.29, 0.717) is 12.8 Å². The molecule has 5 heteroatoms. The summed E-state index contributed by atoms with van der Waals surface area (Å²) in [6, 6.07) is -0.776. The van der Waals surface area contributed by atoms with Crippen LogP contribution in [0.3, 0.4) is 0 Å². The first-order valence-electron chi connectivity index (χ1n) is 6.20. The SMILES string of the molecule is CC(C)(C)OC(=O)N1[C@H]2CC[C@@H]1[C@@H](F)[C@@H](N)C2. The maximum atomic E-state index is 13.9. The lowest BCUT2D eigenvalue weighted by Crippen LogP contribution is -2.57. The van der Waals surface area contributed by atoms with Gasteiger partial charge in [-0.15, -0.1) is 0 Å². The number of rotatable bonds is 0. The topological polar surface area (TPSA) is 55.6 Å². The summed E-state index contributed by atoms with van der Waals surface area (Å²) in [4.78, 5) is 13.6. The van der Waals surface area contributed by atoms with Crippen molar-refractivity contribution < 1.29 is 13.9 Å². The Hall–Kier alpha value is -0.840. The molecular formula is C12H21FN2O2. The van der Waals surface area contributed by atoms with Gasteiger partial charge in [0.25, 0.3) is 0 Å². The van der Waals surface area contributed by atoms with E-state index in [0.717, 1.165) is 6.42 Å². The quantitative estimate of drug-likeness (QED) is 0.707. The van der Waals surface area contributed by atoms with Crippen LogP contribution in [0.25, 0.3) is 0 Å². The first kappa shape index (κ1) is 12.6. The molecule has 0 aliphatic carbocycles. The maximum Gasteiger partial charge on any atom is 0.410 e. The third-order valence-corrected chi connectivity index (χ3v) is 3.47. The van der Waals surface area contributed by atoms with Gasteiger partial charge in [0.2, 0.25) is 0 Å². The van der Waals surface area contributed by atoms with E-state index in [1.54, 1.807) is 4.90 Å². The Bertz CT molecular complexity index is 316. The number of hydrogen-bond donors (Lipinski definition) is 1. The number of ether oxygens (including phenoxy) is 1. The standard InChI is InChI=1S/C12H21FN2O2/c1-12(2,3)17-11(16)15-7-4-5-9(15)10(13)8(14)6-7/h7-10H,4-6,14H2,1-3H3/t7-,8-,9+,10-/m0/s1. The number of carbonyl (C=O) groups is 1. The van der Waals surface area contributed by atoms with Crippen molar-refractivity contribution in [2.45, 2.75) is 69.9 Å². The van der Waals surface area contributed by atoms with E-state index >= 15 is 0 Å². The molecule has 2 saturated heterocycles. The van der Waals surface area contributed by atoms with Crippen LogP contribution in [0.2, 0.25) is 0 Å². The van der Waals surface area contributed by atoms with Crippen molar-refractivity contribution in [1.29, 1.82) is 0 Å². The summed E-state index contributed by atoms with van der Waals surface area (Å²) < 4.78 is 19.3. The van der Waals surface area contributed by atoms with Crippen molar-refractivity contribution in [1.82, 2.24) is 4.90 Å². The minimum Gasteiger partial charge on any atom is -0.444 e. The van der Waals surface area contributed by atoms with Crippen molar-refractivity contribution >= 4 is 6.09 Å². The van der Waals surface area contributed by atoms with Crippen LogP contribution in [0, 0.1) is 0 Å². The minimum absolute atomic E-state index is 0.0526. The van der Waals surface area contributed by atoms with Gasteiger partial charge in [0.1, 0.15) is 11.8 Å². The molecule has 2 aliphatic rings. The zero-order chi connectivity index (χ0) is 12.8. The molecule has 2 N–H and O–H groups in total. The third-order valence-electron chi connectivity index (χ3n) is 3.47. The first-order chi connectivity index (χ1) is 7.79. The first-order valence-corrected chi connectivity index (χ1v) is 6.20. The van der Waals surface area contributed by atoms with Crippen molar-refractivity contribution in [3.05, 3.63) is 0 Å². The number of alkyl halides is 1. The zero-order valence-electron chi connectivity index (χ0n) is 10.6. The number of fused-ring (bicyclic) bond motifs is 2. The van der Waals surface area contributed by atoms with E-state index in [9.17, 15) is 9.18 Å². The lowest BCUT2D eigenvalue weighted by Gasteiger charge is -2.40. The lowest BCUT2D eigenvalue weighted by molar-refractivity contribution is -0.00988. The molecule has 0 saturated carbocycles. The van der Waals surface area contributed by atoms with Gasteiger partial charge < -0.3 is 10.5 Å². The molecule has 2 bridgehead atoms. The van der Waals surface area contributed by atoms with Crippen LogP contribution in [0.15, 0.2) is 0 Å². The third kappa shape index (κ3) is 2.39. The van der Waals surface area contributed by atoms with Crippen LogP contribution >= 0.6 is 0 Å². The highest BCUT2D eigenvalue weighted by Crippen LogP contribution is 2.37. The van der Waals surface area contributed by atoms with Gasteiger partial charge in [-0.1, -0.05) is 0 Å². The molecule has 2 aliphatic heterocycles. The normalized spacial score (nSPS) is 37.1. The fourth-order valence-corrected chi connectivity index (χ4v) is 2.78. The second kappa shape index (κ2) is 4.12. The average Bonchev–Trinajstić information content (AvgIpc) is 2.51. The lowest BCUT2D eigenvalue weighted by atomic mass is 9.97. The highest BCUT2D eigenvalue weighted by atomic mass is 19.1. The fourth-order valence-electron chi connectivity index (χ4n) is 2.78. The summed E-state index contributed by atoms with van der Waals surface area (Å²) in [7, 11) is 0. The summed E-state index contributed by atoms with van der Waals surface area (Å²) in [5.41, 5.74) is 5.20. The van der Waals surface area contributed by atoms with Gasteiger partial charge in [0, 0.05) is 12.1 Å². The number of amides is 1. The Kier molecular flexibility index (Phi) is 3.06. The number of carbonyl (C=O) groups excluding carboxylic acids is 1. The van der Waals surface area contributed by atoms with E-state index in [4.69, 9.17) is 10.5 Å². The van der Waals surface area contributed by atoms with Gasteiger partial charge in [-0.05, 0) is 40.0 Å². The number of halogens is 1. The highest BCUT2D eigenvalue weighted by Gasteiger charge is 2.49. The zero-order valence-corrected chi connectivity index (χ0v) is 10.6. The minimum atomic E-state index is -1.12. The molecule has 2 fully saturated rings. The summed E-state index contributed by atoms with van der Waals surface area (Å²) in [6.07, 6.45) is 0.536. The number of nitrogens with two attached hydrogens (primary N) is 1. The monoisotopic (exact) mass is 244 g/mol. The molecule has 0 aromatic rings. The van der Waals surface area contributed by atoms with Gasteiger partial charge in [0.05, 0.1) is 6.04 Å². The van der Waals surface area contributed by atoms with Crippen molar-refractivity contribution in [2.75, 3.05) is 0 Å². The van der Waals surface area contributed by atoms with Crippen molar-refractivity contribution in [3.63, 3.8) is 0 Å². The molecular weight excluding hydrogens is 223 g/mol. The Morgan fingerprint density at radius 2 is 2.06 bits per heavy atom. The molecule has 2 rings (SSSR count). The Labute approximate surface area is 101 Å². The molecule has 4 nitrogen and oxygen atoms in total. The van der Waals surface area contributed by atoms with Crippen LogP contribution in [0.1, 0.15) is 40.0 Å². The Balaban J connectivity index is 2.10. The predicted octanol–water partition coefficient (Wildman–Crippen LogP) is 1.82. The summed E-state index contributed by atoms with van der Waals surface area (Å²) in [5.74, 6) is 0. The van der Waals surface area contributed by atoms with Crippen molar-refractivity contribution in [3.8, 4) is 0 Å². The summed E-state index contributed by atoms with van der Waals surface area (Å²) in [6.45, 7) is 5.44. The molecule has 17 heavy (non-hydrogen) atoms.